The minimum atomic E-state index is -0.165. The Labute approximate surface area is 172 Å². The third-order valence-corrected chi connectivity index (χ3v) is 4.95. The highest BCUT2D eigenvalue weighted by molar-refractivity contribution is 9.10. The molecule has 3 heterocycles. The summed E-state index contributed by atoms with van der Waals surface area (Å²) in [7, 11) is 0. The molecule has 28 heavy (non-hydrogen) atoms. The summed E-state index contributed by atoms with van der Waals surface area (Å²) < 4.78 is 11.8. The second-order valence-corrected chi connectivity index (χ2v) is 7.45. The van der Waals surface area contributed by atoms with Gasteiger partial charge in [0.1, 0.15) is 5.69 Å². The van der Waals surface area contributed by atoms with Crippen molar-refractivity contribution in [3.05, 3.63) is 65.5 Å². The van der Waals surface area contributed by atoms with Crippen molar-refractivity contribution < 1.29 is 13.6 Å². The van der Waals surface area contributed by atoms with Crippen LogP contribution in [-0.4, -0.2) is 26.8 Å². The van der Waals surface area contributed by atoms with Crippen molar-refractivity contribution in [2.75, 3.05) is 11.1 Å². The molecular formula is C19H13BrN4O3S. The number of carbonyl (C=O) groups excluding carboxylic acids is 1. The summed E-state index contributed by atoms with van der Waals surface area (Å²) in [6, 6.07) is 14.5. The summed E-state index contributed by atoms with van der Waals surface area (Å²) in [5.74, 6) is 1.06. The van der Waals surface area contributed by atoms with E-state index in [-0.39, 0.29) is 11.7 Å². The molecule has 7 nitrogen and oxygen atoms in total. The molecule has 0 unspecified atom stereocenters. The number of hydrogen-bond acceptors (Lipinski definition) is 7. The summed E-state index contributed by atoms with van der Waals surface area (Å²) in [6.45, 7) is 0. The Balaban J connectivity index is 1.51. The summed E-state index contributed by atoms with van der Waals surface area (Å²) >= 11 is 4.56. The van der Waals surface area contributed by atoms with Gasteiger partial charge in [0.15, 0.2) is 17.2 Å². The van der Waals surface area contributed by atoms with Gasteiger partial charge in [0.2, 0.25) is 11.1 Å². The second kappa shape index (κ2) is 8.41. The summed E-state index contributed by atoms with van der Waals surface area (Å²) in [5, 5.41) is 11.5. The molecule has 1 N–H and O–H groups in total. The normalized spacial score (nSPS) is 10.8. The van der Waals surface area contributed by atoms with Gasteiger partial charge in [-0.15, -0.1) is 10.2 Å². The molecule has 1 amide bonds. The van der Waals surface area contributed by atoms with Crippen LogP contribution in [0.5, 0.6) is 0 Å². The number of anilines is 1. The van der Waals surface area contributed by atoms with Gasteiger partial charge in [-0.2, -0.15) is 0 Å². The fourth-order valence-corrected chi connectivity index (χ4v) is 3.42. The molecule has 1 aromatic carbocycles. The maximum atomic E-state index is 12.2. The molecule has 0 saturated carbocycles. The van der Waals surface area contributed by atoms with Gasteiger partial charge in [0, 0.05) is 10.2 Å². The van der Waals surface area contributed by atoms with Crippen LogP contribution >= 0.6 is 27.7 Å². The first kappa shape index (κ1) is 18.5. The monoisotopic (exact) mass is 456 g/mol. The first-order chi connectivity index (χ1) is 13.7. The fourth-order valence-electron chi connectivity index (χ4n) is 2.43. The molecule has 4 aromatic rings. The van der Waals surface area contributed by atoms with E-state index in [1.807, 2.05) is 24.3 Å². The number of halogens is 1. The van der Waals surface area contributed by atoms with Crippen molar-refractivity contribution in [1.29, 1.82) is 0 Å². The zero-order chi connectivity index (χ0) is 19.3. The van der Waals surface area contributed by atoms with Gasteiger partial charge in [0.05, 0.1) is 18.3 Å². The van der Waals surface area contributed by atoms with Crippen LogP contribution in [0.2, 0.25) is 0 Å². The van der Waals surface area contributed by atoms with Crippen LogP contribution in [0.4, 0.5) is 5.69 Å². The van der Waals surface area contributed by atoms with Crippen LogP contribution in [0.15, 0.2) is 79.5 Å². The molecule has 3 aromatic heterocycles. The molecule has 0 spiro atoms. The minimum Gasteiger partial charge on any atom is -0.463 e. The van der Waals surface area contributed by atoms with Crippen molar-refractivity contribution in [2.45, 2.75) is 5.16 Å². The quantitative estimate of drug-likeness (QED) is 0.412. The Bertz CT molecular complexity index is 1080. The predicted molar refractivity (Wildman–Crippen MR) is 109 cm³/mol. The Morgan fingerprint density at radius 1 is 1.00 bits per heavy atom. The van der Waals surface area contributed by atoms with Crippen molar-refractivity contribution >= 4 is 39.3 Å². The van der Waals surface area contributed by atoms with Crippen molar-refractivity contribution in [1.82, 2.24) is 15.2 Å². The van der Waals surface area contributed by atoms with Gasteiger partial charge >= 0.3 is 0 Å². The van der Waals surface area contributed by atoms with E-state index < -0.39 is 0 Å². The lowest BCUT2D eigenvalue weighted by Crippen LogP contribution is -2.14. The average Bonchev–Trinajstić information content (AvgIpc) is 3.40. The van der Waals surface area contributed by atoms with Crippen molar-refractivity contribution in [3.8, 4) is 22.9 Å². The first-order valence-corrected chi connectivity index (χ1v) is 9.97. The van der Waals surface area contributed by atoms with Crippen molar-refractivity contribution in [3.63, 3.8) is 0 Å². The predicted octanol–water partition coefficient (Wildman–Crippen LogP) is 4.88. The Morgan fingerprint density at radius 3 is 2.43 bits per heavy atom. The molecule has 0 aliphatic rings. The zero-order valence-corrected chi connectivity index (χ0v) is 16.7. The highest BCUT2D eigenvalue weighted by Crippen LogP contribution is 2.30. The van der Waals surface area contributed by atoms with Crippen LogP contribution in [0, 0.1) is 0 Å². The number of thioether (sulfide) groups is 1. The van der Waals surface area contributed by atoms with Gasteiger partial charge < -0.3 is 14.2 Å². The second-order valence-electron chi connectivity index (χ2n) is 5.59. The Kier molecular flexibility index (Phi) is 5.54. The number of hydrogen-bond donors (Lipinski definition) is 1. The van der Waals surface area contributed by atoms with Gasteiger partial charge in [-0.25, -0.2) is 4.98 Å². The maximum Gasteiger partial charge on any atom is 0.234 e. The van der Waals surface area contributed by atoms with Crippen LogP contribution in [-0.2, 0) is 4.79 Å². The van der Waals surface area contributed by atoms with Gasteiger partial charge in [-0.1, -0.05) is 33.8 Å². The van der Waals surface area contributed by atoms with E-state index >= 15 is 0 Å². The van der Waals surface area contributed by atoms with Crippen LogP contribution < -0.4 is 5.32 Å². The number of aromatic nitrogens is 3. The summed E-state index contributed by atoms with van der Waals surface area (Å²) in [4.78, 5) is 16.7. The number of nitrogens with zero attached hydrogens (tertiary/aromatic N) is 3. The molecular weight excluding hydrogens is 444 g/mol. The van der Waals surface area contributed by atoms with E-state index in [1.54, 1.807) is 36.8 Å². The van der Waals surface area contributed by atoms with E-state index in [2.05, 4.69) is 36.4 Å². The third kappa shape index (κ3) is 4.32. The third-order valence-electron chi connectivity index (χ3n) is 3.62. The lowest BCUT2D eigenvalue weighted by atomic mass is 10.2. The number of nitrogens with one attached hydrogen (secondary N) is 1. The SMILES string of the molecule is O=C(CSc1nnc(-c2ccco2)c(-c2ccco2)n1)Nc1cccc(Br)c1. The Hall–Kier alpha value is -2.91. The van der Waals surface area contributed by atoms with Crippen LogP contribution in [0.1, 0.15) is 0 Å². The van der Waals surface area contributed by atoms with E-state index in [0.717, 1.165) is 4.47 Å². The van der Waals surface area contributed by atoms with Crippen LogP contribution in [0.3, 0.4) is 0 Å². The largest absolute Gasteiger partial charge is 0.463 e. The van der Waals surface area contributed by atoms with Gasteiger partial charge in [0.25, 0.3) is 0 Å². The molecule has 140 valence electrons. The van der Waals surface area contributed by atoms with E-state index in [4.69, 9.17) is 8.83 Å². The zero-order valence-electron chi connectivity index (χ0n) is 14.3. The Morgan fingerprint density at radius 2 is 1.75 bits per heavy atom. The minimum absolute atomic E-state index is 0.145. The number of carbonyl (C=O) groups is 1. The standard InChI is InChI=1S/C19H13BrN4O3S/c20-12-4-1-5-13(10-12)21-16(25)11-28-19-22-17(14-6-2-8-26-14)18(23-24-19)15-7-3-9-27-15/h1-10H,11H2,(H,21,25). The maximum absolute atomic E-state index is 12.2. The number of amides is 1. The molecule has 0 fully saturated rings. The van der Waals surface area contributed by atoms with E-state index in [1.165, 1.54) is 11.8 Å². The fraction of sp³-hybridized carbons (Fsp3) is 0.0526. The number of rotatable bonds is 6. The summed E-state index contributed by atoms with van der Waals surface area (Å²) in [5.41, 5.74) is 1.69. The highest BCUT2D eigenvalue weighted by Gasteiger charge is 2.18. The number of furan rings is 2. The van der Waals surface area contributed by atoms with Crippen molar-refractivity contribution in [2.24, 2.45) is 0 Å². The molecule has 0 atom stereocenters. The topological polar surface area (TPSA) is 94.0 Å². The first-order valence-electron chi connectivity index (χ1n) is 8.20. The lowest BCUT2D eigenvalue weighted by Gasteiger charge is -2.06. The molecule has 4 rings (SSSR count). The number of benzene rings is 1. The lowest BCUT2D eigenvalue weighted by molar-refractivity contribution is -0.113. The average molecular weight is 457 g/mol. The van der Waals surface area contributed by atoms with Gasteiger partial charge in [-0.05, 0) is 42.5 Å². The molecule has 0 aliphatic carbocycles. The smallest absolute Gasteiger partial charge is 0.234 e. The highest BCUT2D eigenvalue weighted by atomic mass is 79.9. The molecule has 0 saturated heterocycles. The van der Waals surface area contributed by atoms with E-state index in [9.17, 15) is 4.79 Å². The molecule has 9 heteroatoms. The van der Waals surface area contributed by atoms with Gasteiger partial charge in [-0.3, -0.25) is 4.79 Å². The molecule has 0 aliphatic heterocycles. The van der Waals surface area contributed by atoms with E-state index in [0.29, 0.717) is 33.8 Å². The summed E-state index contributed by atoms with van der Waals surface area (Å²) in [6.07, 6.45) is 3.11. The molecule has 0 bridgehead atoms. The van der Waals surface area contributed by atoms with Crippen LogP contribution in [0.25, 0.3) is 22.9 Å². The molecule has 0 radical (unpaired) electrons.